The normalized spacial score (nSPS) is 10.0. The maximum Gasteiger partial charge on any atom is 0.302 e. The first kappa shape index (κ1) is 6.69. The molecule has 0 aromatic carbocycles. The quantitative estimate of drug-likeness (QED) is 0.368. The van der Waals surface area contributed by atoms with Crippen LogP contribution in [0, 0.1) is 0 Å². The van der Waals surface area contributed by atoms with E-state index in [1.54, 1.807) is 0 Å². The summed E-state index contributed by atoms with van der Waals surface area (Å²) >= 11 is 0. The fourth-order valence-corrected chi connectivity index (χ4v) is 0.737. The number of rotatable bonds is 2. The molecule has 7 heavy (non-hydrogen) atoms. The van der Waals surface area contributed by atoms with Crippen LogP contribution in [0.1, 0.15) is 6.92 Å². The fraction of sp³-hybridized carbons (Fsp3) is 0.750. The van der Waals surface area contributed by atoms with Crippen LogP contribution in [0.5, 0.6) is 0 Å². The minimum atomic E-state index is -0.158. The maximum absolute atomic E-state index is 10.0. The molecular weight excluding hydrogens is 108 g/mol. The van der Waals surface area contributed by atoms with Crippen molar-refractivity contribution in [3.63, 3.8) is 0 Å². The highest BCUT2D eigenvalue weighted by atomic mass is 28.2. The van der Waals surface area contributed by atoms with Crippen molar-refractivity contribution in [2.75, 3.05) is 6.23 Å². The van der Waals surface area contributed by atoms with Gasteiger partial charge >= 0.3 is 5.97 Å². The second kappa shape index (κ2) is 3.86. The zero-order valence-electron chi connectivity index (χ0n) is 4.73. The van der Waals surface area contributed by atoms with Gasteiger partial charge < -0.3 is 4.74 Å². The maximum atomic E-state index is 10.0. The lowest BCUT2D eigenvalue weighted by atomic mass is 10.8. The largest absolute Gasteiger partial charge is 0.470 e. The Morgan fingerprint density at radius 3 is 2.57 bits per heavy atom. The molecule has 0 radical (unpaired) electrons. The lowest BCUT2D eigenvalue weighted by Gasteiger charge is -1.93. The first-order valence-electron chi connectivity index (χ1n) is 2.40. The van der Waals surface area contributed by atoms with Crippen molar-refractivity contribution in [1.82, 2.24) is 0 Å². The van der Waals surface area contributed by atoms with Crippen molar-refractivity contribution >= 4 is 15.5 Å². The van der Waals surface area contributed by atoms with Crippen LogP contribution in [0.15, 0.2) is 0 Å². The molecule has 0 heterocycles. The van der Waals surface area contributed by atoms with Crippen LogP contribution < -0.4 is 0 Å². The summed E-state index contributed by atoms with van der Waals surface area (Å²) in [6.07, 6.45) is 0.690. The summed E-state index contributed by atoms with van der Waals surface area (Å²) in [4.78, 5) is 10.0. The molecule has 0 aromatic rings. The van der Waals surface area contributed by atoms with E-state index in [2.05, 4.69) is 11.3 Å². The second-order valence-corrected chi connectivity index (χ2v) is 2.75. The van der Waals surface area contributed by atoms with E-state index < -0.39 is 0 Å². The monoisotopic (exact) mass is 118 g/mol. The summed E-state index contributed by atoms with van der Waals surface area (Å²) in [5, 5.41) is 0. The van der Waals surface area contributed by atoms with Gasteiger partial charge in [0.25, 0.3) is 0 Å². The van der Waals surface area contributed by atoms with Gasteiger partial charge in [0, 0.05) is 6.92 Å². The van der Waals surface area contributed by atoms with Gasteiger partial charge in [0.2, 0.25) is 0 Å². The van der Waals surface area contributed by atoms with Crippen LogP contribution in [-0.4, -0.2) is 21.7 Å². The van der Waals surface area contributed by atoms with Crippen LogP contribution in [0.3, 0.4) is 0 Å². The molecule has 0 aliphatic carbocycles. The lowest BCUT2D eigenvalue weighted by Crippen LogP contribution is -2.03. The van der Waals surface area contributed by atoms with E-state index in [0.717, 1.165) is 0 Å². The molecule has 0 fully saturated rings. The van der Waals surface area contributed by atoms with Gasteiger partial charge in [-0.2, -0.15) is 0 Å². The van der Waals surface area contributed by atoms with E-state index in [0.29, 0.717) is 6.23 Å². The Balaban J connectivity index is 2.82. The predicted molar refractivity (Wildman–Crippen MR) is 31.0 cm³/mol. The molecule has 0 atom stereocenters. The van der Waals surface area contributed by atoms with Gasteiger partial charge in [-0.15, -0.1) is 0 Å². The highest BCUT2D eigenvalue weighted by molar-refractivity contribution is 6.33. The van der Waals surface area contributed by atoms with E-state index in [1.165, 1.54) is 6.92 Å². The molecule has 0 saturated carbocycles. The minimum Gasteiger partial charge on any atom is -0.470 e. The van der Waals surface area contributed by atoms with Gasteiger partial charge in [-0.1, -0.05) is 6.55 Å². The summed E-state index contributed by atoms with van der Waals surface area (Å²) in [5.41, 5.74) is 0. The third kappa shape index (κ3) is 5.69. The molecule has 0 aliphatic rings. The molecule has 0 spiro atoms. The van der Waals surface area contributed by atoms with Crippen molar-refractivity contribution in [3.8, 4) is 0 Å². The topological polar surface area (TPSA) is 26.3 Å². The van der Waals surface area contributed by atoms with E-state index in [9.17, 15) is 4.79 Å². The number of hydrogen-bond donors (Lipinski definition) is 0. The molecule has 3 heteroatoms. The summed E-state index contributed by atoms with van der Waals surface area (Å²) in [6, 6.07) is 0. The van der Waals surface area contributed by atoms with Crippen LogP contribution in [-0.2, 0) is 9.53 Å². The summed E-state index contributed by atoms with van der Waals surface area (Å²) < 4.78 is 4.61. The zero-order chi connectivity index (χ0) is 5.70. The molecule has 0 amide bonds. The third-order valence-electron chi connectivity index (χ3n) is 0.509. The van der Waals surface area contributed by atoms with Gasteiger partial charge in [0.05, 0.1) is 15.7 Å². The molecule has 0 aliphatic heterocycles. The average Bonchev–Trinajstić information content (AvgIpc) is 1.61. The van der Waals surface area contributed by atoms with Crippen molar-refractivity contribution in [3.05, 3.63) is 0 Å². The van der Waals surface area contributed by atoms with Crippen molar-refractivity contribution in [1.29, 1.82) is 0 Å². The molecule has 0 saturated heterocycles. The Kier molecular flexibility index (Phi) is 3.69. The van der Waals surface area contributed by atoms with Gasteiger partial charge in [0.1, 0.15) is 0 Å². The van der Waals surface area contributed by atoms with E-state index in [4.69, 9.17) is 0 Å². The van der Waals surface area contributed by atoms with Gasteiger partial charge in [-0.3, -0.25) is 4.79 Å². The molecule has 2 nitrogen and oxygen atoms in total. The Morgan fingerprint density at radius 2 is 2.43 bits per heavy atom. The summed E-state index contributed by atoms with van der Waals surface area (Å²) in [5.74, 6) is -0.158. The van der Waals surface area contributed by atoms with Gasteiger partial charge in [-0.05, 0) is 0 Å². The zero-order valence-corrected chi connectivity index (χ0v) is 6.14. The molecule has 0 N–H and O–H groups in total. The van der Waals surface area contributed by atoms with E-state index in [1.807, 2.05) is 0 Å². The summed E-state index contributed by atoms with van der Waals surface area (Å²) in [6.45, 7) is 3.53. The fourth-order valence-electron chi connectivity index (χ4n) is 0.246. The number of carbonyl (C=O) groups excluding carboxylic acids is 1. The van der Waals surface area contributed by atoms with Crippen molar-refractivity contribution in [2.45, 2.75) is 13.5 Å². The van der Waals surface area contributed by atoms with Crippen molar-refractivity contribution < 1.29 is 9.53 Å². The SMILES string of the molecule is C[SiH2]COC(C)=O. The average molecular weight is 118 g/mol. The Bertz CT molecular complexity index is 62.7. The standard InChI is InChI=1S/C4H10O2Si/c1-4(5)6-3-7-2/h3,7H2,1-2H3. The molecule has 0 aromatic heterocycles. The third-order valence-corrected chi connectivity index (χ3v) is 1.12. The predicted octanol–water partition coefficient (Wildman–Crippen LogP) is -0.276. The van der Waals surface area contributed by atoms with E-state index in [-0.39, 0.29) is 15.5 Å². The first-order chi connectivity index (χ1) is 3.27. The molecule has 42 valence electrons. The number of esters is 1. The van der Waals surface area contributed by atoms with Crippen LogP contribution in [0.25, 0.3) is 0 Å². The highest BCUT2D eigenvalue weighted by Gasteiger charge is 1.86. The smallest absolute Gasteiger partial charge is 0.302 e. The molecule has 0 rings (SSSR count). The second-order valence-electron chi connectivity index (χ2n) is 1.34. The Morgan fingerprint density at radius 1 is 1.86 bits per heavy atom. The molecule has 0 unspecified atom stereocenters. The molecule has 0 bridgehead atoms. The van der Waals surface area contributed by atoms with Crippen LogP contribution >= 0.6 is 0 Å². The highest BCUT2D eigenvalue weighted by Crippen LogP contribution is 1.71. The lowest BCUT2D eigenvalue weighted by molar-refractivity contribution is -0.138. The number of carbonyl (C=O) groups is 1. The van der Waals surface area contributed by atoms with Crippen LogP contribution in [0.4, 0.5) is 0 Å². The van der Waals surface area contributed by atoms with Gasteiger partial charge in [-0.25, -0.2) is 0 Å². The minimum absolute atomic E-state index is 0.0719. The number of hydrogen-bond acceptors (Lipinski definition) is 2. The first-order valence-corrected chi connectivity index (χ1v) is 4.82. The van der Waals surface area contributed by atoms with Crippen molar-refractivity contribution in [2.24, 2.45) is 0 Å². The summed E-state index contributed by atoms with van der Waals surface area (Å²) in [7, 11) is -0.0719. The van der Waals surface area contributed by atoms with Crippen LogP contribution in [0.2, 0.25) is 6.55 Å². The Hall–Kier alpha value is -0.313. The number of ether oxygens (including phenoxy) is 1. The van der Waals surface area contributed by atoms with Gasteiger partial charge in [0.15, 0.2) is 0 Å². The van der Waals surface area contributed by atoms with E-state index >= 15 is 0 Å². The molecular formula is C4H10O2Si. The Labute approximate surface area is 45.7 Å².